The van der Waals surface area contributed by atoms with E-state index in [1.807, 2.05) is 6.92 Å². The SMILES string of the molecule is CC(C(=O)Nc1ccc(CO)cn1)(c1ccc(S(C)(=O)=O)cc1)C1CCCC1. The van der Waals surface area contributed by atoms with Gasteiger partial charge in [0.15, 0.2) is 9.84 Å². The first-order chi connectivity index (χ1) is 13.2. The lowest BCUT2D eigenvalue weighted by Gasteiger charge is -2.35. The highest BCUT2D eigenvalue weighted by molar-refractivity contribution is 7.90. The molecule has 6 nitrogen and oxygen atoms in total. The average Bonchev–Trinajstić information content (AvgIpc) is 3.22. The quantitative estimate of drug-likeness (QED) is 0.774. The van der Waals surface area contributed by atoms with Crippen molar-refractivity contribution in [3.05, 3.63) is 53.7 Å². The highest BCUT2D eigenvalue weighted by atomic mass is 32.2. The van der Waals surface area contributed by atoms with Gasteiger partial charge in [0.25, 0.3) is 0 Å². The highest BCUT2D eigenvalue weighted by Gasteiger charge is 2.44. The summed E-state index contributed by atoms with van der Waals surface area (Å²) in [5.74, 6) is 0.447. The van der Waals surface area contributed by atoms with Crippen LogP contribution in [0.1, 0.15) is 43.7 Å². The van der Waals surface area contributed by atoms with E-state index in [1.165, 1.54) is 12.5 Å². The molecule has 150 valence electrons. The van der Waals surface area contributed by atoms with Gasteiger partial charge in [0.05, 0.1) is 16.9 Å². The second kappa shape index (κ2) is 8.01. The number of sulfone groups is 1. The van der Waals surface area contributed by atoms with Gasteiger partial charge in [-0.3, -0.25) is 4.79 Å². The molecule has 0 radical (unpaired) electrons. The van der Waals surface area contributed by atoms with Crippen molar-refractivity contribution < 1.29 is 18.3 Å². The van der Waals surface area contributed by atoms with Gasteiger partial charge in [-0.2, -0.15) is 0 Å². The van der Waals surface area contributed by atoms with Gasteiger partial charge < -0.3 is 10.4 Å². The largest absolute Gasteiger partial charge is 0.392 e. The second-order valence-corrected chi connectivity index (χ2v) is 9.66. The second-order valence-electron chi connectivity index (χ2n) is 7.64. The zero-order valence-electron chi connectivity index (χ0n) is 16.2. The van der Waals surface area contributed by atoms with Crippen LogP contribution in [0.15, 0.2) is 47.5 Å². The maximum absolute atomic E-state index is 13.3. The number of hydrogen-bond acceptors (Lipinski definition) is 5. The van der Waals surface area contributed by atoms with E-state index in [-0.39, 0.29) is 23.3 Å². The molecule has 1 atom stereocenters. The third kappa shape index (κ3) is 4.10. The maximum Gasteiger partial charge on any atom is 0.236 e. The van der Waals surface area contributed by atoms with E-state index in [4.69, 9.17) is 5.11 Å². The van der Waals surface area contributed by atoms with Crippen molar-refractivity contribution in [1.29, 1.82) is 0 Å². The molecule has 1 aromatic carbocycles. The first-order valence-electron chi connectivity index (χ1n) is 9.43. The van der Waals surface area contributed by atoms with Crippen molar-refractivity contribution in [3.63, 3.8) is 0 Å². The molecule has 1 aliphatic rings. The van der Waals surface area contributed by atoms with Crippen LogP contribution in [0.2, 0.25) is 0 Å². The molecule has 0 saturated heterocycles. The molecular weight excluding hydrogens is 376 g/mol. The number of amides is 1. The van der Waals surface area contributed by atoms with Crippen LogP contribution in [0.4, 0.5) is 5.82 Å². The molecule has 1 saturated carbocycles. The number of aliphatic hydroxyl groups excluding tert-OH is 1. The number of carbonyl (C=O) groups is 1. The molecule has 1 heterocycles. The van der Waals surface area contributed by atoms with Gasteiger partial charge >= 0.3 is 0 Å². The summed E-state index contributed by atoms with van der Waals surface area (Å²) in [5, 5.41) is 12.0. The van der Waals surface area contributed by atoms with Crippen molar-refractivity contribution in [2.24, 2.45) is 5.92 Å². The Balaban J connectivity index is 1.93. The molecular formula is C21H26N2O4S. The van der Waals surface area contributed by atoms with E-state index in [0.717, 1.165) is 31.2 Å². The fraction of sp³-hybridized carbons (Fsp3) is 0.429. The van der Waals surface area contributed by atoms with Crippen molar-refractivity contribution in [2.45, 2.75) is 49.5 Å². The van der Waals surface area contributed by atoms with E-state index in [1.54, 1.807) is 36.4 Å². The molecule has 0 bridgehead atoms. The number of anilines is 1. The zero-order valence-corrected chi connectivity index (χ0v) is 17.0. The summed E-state index contributed by atoms with van der Waals surface area (Å²) in [6.45, 7) is 1.82. The van der Waals surface area contributed by atoms with Crippen LogP contribution in [0, 0.1) is 5.92 Å². The van der Waals surface area contributed by atoms with Gasteiger partial charge in [-0.15, -0.1) is 0 Å². The molecule has 2 N–H and O–H groups in total. The number of benzene rings is 1. The Morgan fingerprint density at radius 1 is 1.18 bits per heavy atom. The number of rotatable bonds is 6. The highest BCUT2D eigenvalue weighted by Crippen LogP contribution is 2.43. The predicted octanol–water partition coefficient (Wildman–Crippen LogP) is 3.06. The molecule has 1 aromatic heterocycles. The summed E-state index contributed by atoms with van der Waals surface area (Å²) in [6, 6.07) is 10.0. The van der Waals surface area contributed by atoms with E-state index in [0.29, 0.717) is 11.4 Å². The predicted molar refractivity (Wildman–Crippen MR) is 108 cm³/mol. The van der Waals surface area contributed by atoms with Crippen LogP contribution in [0.25, 0.3) is 0 Å². The number of aliphatic hydroxyl groups is 1. The van der Waals surface area contributed by atoms with E-state index >= 15 is 0 Å². The first kappa shape index (κ1) is 20.5. The van der Waals surface area contributed by atoms with Crippen LogP contribution >= 0.6 is 0 Å². The molecule has 2 aromatic rings. The summed E-state index contributed by atoms with van der Waals surface area (Å²) in [6.07, 6.45) is 6.77. The van der Waals surface area contributed by atoms with Crippen LogP contribution < -0.4 is 5.32 Å². The Labute approximate surface area is 165 Å². The minimum Gasteiger partial charge on any atom is -0.392 e. The third-order valence-corrected chi connectivity index (χ3v) is 6.90. The van der Waals surface area contributed by atoms with Gasteiger partial charge in [0.2, 0.25) is 5.91 Å². The van der Waals surface area contributed by atoms with Gasteiger partial charge in [0.1, 0.15) is 5.82 Å². The molecule has 28 heavy (non-hydrogen) atoms. The molecule has 1 unspecified atom stereocenters. The van der Waals surface area contributed by atoms with Crippen molar-refractivity contribution >= 4 is 21.6 Å². The number of aromatic nitrogens is 1. The number of nitrogens with one attached hydrogen (secondary N) is 1. The fourth-order valence-corrected chi connectivity index (χ4v) is 4.57. The van der Waals surface area contributed by atoms with Crippen LogP contribution in [-0.2, 0) is 26.7 Å². The van der Waals surface area contributed by atoms with Crippen molar-refractivity contribution in [2.75, 3.05) is 11.6 Å². The first-order valence-corrected chi connectivity index (χ1v) is 11.3. The van der Waals surface area contributed by atoms with Gasteiger partial charge in [-0.05, 0) is 55.0 Å². The normalized spacial score (nSPS) is 17.2. The zero-order chi connectivity index (χ0) is 20.4. The maximum atomic E-state index is 13.3. The lowest BCUT2D eigenvalue weighted by molar-refractivity contribution is -0.122. The standard InChI is InChI=1S/C21H26N2O4S/c1-21(16-5-3-4-6-16,17-8-10-18(11-9-17)28(2,26)27)20(25)23-19-12-7-15(14-24)13-22-19/h7-13,16,24H,3-6,14H2,1-2H3,(H,22,23,25). The Morgan fingerprint density at radius 2 is 1.82 bits per heavy atom. The van der Waals surface area contributed by atoms with Crippen LogP contribution in [-0.4, -0.2) is 30.7 Å². The number of carbonyl (C=O) groups excluding carboxylic acids is 1. The monoisotopic (exact) mass is 402 g/mol. The molecule has 0 spiro atoms. The fourth-order valence-electron chi connectivity index (χ4n) is 3.94. The summed E-state index contributed by atoms with van der Waals surface area (Å²) in [7, 11) is -3.29. The van der Waals surface area contributed by atoms with Gasteiger partial charge in [-0.25, -0.2) is 13.4 Å². The van der Waals surface area contributed by atoms with Crippen molar-refractivity contribution in [1.82, 2.24) is 4.98 Å². The van der Waals surface area contributed by atoms with Gasteiger partial charge in [0, 0.05) is 12.5 Å². The lowest BCUT2D eigenvalue weighted by Crippen LogP contribution is -2.43. The lowest BCUT2D eigenvalue weighted by atomic mass is 9.70. The molecule has 3 rings (SSSR count). The molecule has 1 amide bonds. The Morgan fingerprint density at radius 3 is 2.32 bits per heavy atom. The van der Waals surface area contributed by atoms with E-state index in [2.05, 4.69) is 10.3 Å². The van der Waals surface area contributed by atoms with Gasteiger partial charge in [-0.1, -0.05) is 31.0 Å². The van der Waals surface area contributed by atoms with E-state index < -0.39 is 15.3 Å². The Bertz CT molecular complexity index is 933. The number of pyridine rings is 1. The molecule has 1 fully saturated rings. The molecule has 0 aliphatic heterocycles. The number of hydrogen-bond donors (Lipinski definition) is 2. The van der Waals surface area contributed by atoms with Crippen molar-refractivity contribution in [3.8, 4) is 0 Å². The molecule has 7 heteroatoms. The Hall–Kier alpha value is -2.25. The number of nitrogens with zero attached hydrogens (tertiary/aromatic N) is 1. The van der Waals surface area contributed by atoms with E-state index in [9.17, 15) is 13.2 Å². The summed E-state index contributed by atoms with van der Waals surface area (Å²) >= 11 is 0. The summed E-state index contributed by atoms with van der Waals surface area (Å²) < 4.78 is 23.5. The minimum absolute atomic E-state index is 0.103. The smallest absolute Gasteiger partial charge is 0.236 e. The third-order valence-electron chi connectivity index (χ3n) is 5.77. The average molecular weight is 403 g/mol. The summed E-state index contributed by atoms with van der Waals surface area (Å²) in [4.78, 5) is 17.8. The minimum atomic E-state index is -3.29. The van der Waals surface area contributed by atoms with Crippen LogP contribution in [0.5, 0.6) is 0 Å². The van der Waals surface area contributed by atoms with Crippen LogP contribution in [0.3, 0.4) is 0 Å². The summed E-state index contributed by atoms with van der Waals surface area (Å²) in [5.41, 5.74) is 0.688. The Kier molecular flexibility index (Phi) is 5.86. The topological polar surface area (TPSA) is 96.4 Å². The molecule has 1 aliphatic carbocycles.